The number of benzene rings is 1. The highest BCUT2D eigenvalue weighted by molar-refractivity contribution is 5.91. The van der Waals surface area contributed by atoms with Crippen molar-refractivity contribution >= 4 is 23.6 Å². The van der Waals surface area contributed by atoms with E-state index in [1.165, 1.54) is 25.3 Å². The van der Waals surface area contributed by atoms with E-state index >= 15 is 0 Å². The molecule has 0 saturated carbocycles. The zero-order valence-corrected chi connectivity index (χ0v) is 13.0. The average molecular weight is 320 g/mol. The second kappa shape index (κ2) is 10.1. The van der Waals surface area contributed by atoms with Crippen LogP contribution in [-0.2, 0) is 14.3 Å². The Morgan fingerprint density at radius 2 is 1.91 bits per heavy atom. The minimum atomic E-state index is -0.472. The van der Waals surface area contributed by atoms with Gasteiger partial charge in [-0.25, -0.2) is 0 Å². The predicted octanol–water partition coefficient (Wildman–Crippen LogP) is 2.46. The molecule has 1 N–H and O–H groups in total. The fourth-order valence-electron chi connectivity index (χ4n) is 1.82. The Labute approximate surface area is 134 Å². The number of nitrogens with zero attached hydrogens (tertiary/aromatic N) is 1. The molecule has 0 bridgehead atoms. The minimum absolute atomic E-state index is 0.0126. The van der Waals surface area contributed by atoms with Crippen molar-refractivity contribution in [2.45, 2.75) is 25.7 Å². The molecule has 0 aliphatic carbocycles. The van der Waals surface area contributed by atoms with Gasteiger partial charge in [0.1, 0.15) is 0 Å². The van der Waals surface area contributed by atoms with E-state index in [9.17, 15) is 19.7 Å². The number of nitro groups is 1. The number of nitro benzene ring substituents is 1. The van der Waals surface area contributed by atoms with Crippen LogP contribution in [0.25, 0.3) is 6.08 Å². The van der Waals surface area contributed by atoms with Gasteiger partial charge in [-0.15, -0.1) is 0 Å². The Morgan fingerprint density at radius 1 is 1.22 bits per heavy atom. The third-order valence-corrected chi connectivity index (χ3v) is 3.12. The van der Waals surface area contributed by atoms with E-state index < -0.39 is 4.92 Å². The number of amides is 1. The lowest BCUT2D eigenvalue weighted by Crippen LogP contribution is -2.22. The molecule has 0 aromatic heterocycles. The molecule has 124 valence electrons. The molecule has 0 unspecified atom stereocenters. The number of methoxy groups -OCH3 is 1. The van der Waals surface area contributed by atoms with Crippen LogP contribution in [0.1, 0.15) is 31.2 Å². The summed E-state index contributed by atoms with van der Waals surface area (Å²) < 4.78 is 4.53. The molecule has 1 aromatic rings. The van der Waals surface area contributed by atoms with E-state index in [-0.39, 0.29) is 17.6 Å². The van der Waals surface area contributed by atoms with Crippen molar-refractivity contribution < 1.29 is 19.2 Å². The van der Waals surface area contributed by atoms with E-state index in [1.807, 2.05) is 0 Å². The molecular weight excluding hydrogens is 300 g/mol. The van der Waals surface area contributed by atoms with Crippen LogP contribution in [0, 0.1) is 10.1 Å². The first-order chi connectivity index (χ1) is 11.0. The summed E-state index contributed by atoms with van der Waals surface area (Å²) in [6, 6.07) is 5.93. The number of nitrogens with one attached hydrogen (secondary N) is 1. The van der Waals surface area contributed by atoms with Crippen molar-refractivity contribution in [1.29, 1.82) is 0 Å². The standard InChI is InChI=1S/C16H20N2O5/c1-23-16(20)5-3-2-4-12-17-15(19)11-8-13-6-9-14(10-7-13)18(21)22/h6-11H,2-5,12H2,1H3,(H,17,19)/b11-8+. The summed E-state index contributed by atoms with van der Waals surface area (Å²) in [5, 5.41) is 13.3. The normalized spacial score (nSPS) is 10.5. The number of carbonyl (C=O) groups is 2. The first-order valence-corrected chi connectivity index (χ1v) is 7.30. The van der Waals surface area contributed by atoms with Crippen LogP contribution in [-0.4, -0.2) is 30.5 Å². The number of rotatable bonds is 9. The van der Waals surface area contributed by atoms with Crippen molar-refractivity contribution in [1.82, 2.24) is 5.32 Å². The molecule has 0 atom stereocenters. The Hall–Kier alpha value is -2.70. The monoisotopic (exact) mass is 320 g/mol. The lowest BCUT2D eigenvalue weighted by molar-refractivity contribution is -0.384. The smallest absolute Gasteiger partial charge is 0.305 e. The van der Waals surface area contributed by atoms with Gasteiger partial charge in [0.25, 0.3) is 5.69 Å². The van der Waals surface area contributed by atoms with Gasteiger partial charge < -0.3 is 10.1 Å². The van der Waals surface area contributed by atoms with Crippen LogP contribution >= 0.6 is 0 Å². The van der Waals surface area contributed by atoms with Gasteiger partial charge in [-0.2, -0.15) is 0 Å². The number of esters is 1. The fourth-order valence-corrected chi connectivity index (χ4v) is 1.82. The van der Waals surface area contributed by atoms with Crippen LogP contribution in [0.4, 0.5) is 5.69 Å². The quantitative estimate of drug-likeness (QED) is 0.248. The largest absolute Gasteiger partial charge is 0.469 e. The van der Waals surface area contributed by atoms with E-state index in [0.29, 0.717) is 18.5 Å². The van der Waals surface area contributed by atoms with Crippen LogP contribution in [0.15, 0.2) is 30.3 Å². The third-order valence-electron chi connectivity index (χ3n) is 3.12. The maximum atomic E-state index is 11.6. The lowest BCUT2D eigenvalue weighted by Gasteiger charge is -2.02. The van der Waals surface area contributed by atoms with Gasteiger partial charge in [-0.3, -0.25) is 19.7 Å². The maximum Gasteiger partial charge on any atom is 0.305 e. The fraction of sp³-hybridized carbons (Fsp3) is 0.375. The molecule has 1 amide bonds. The predicted molar refractivity (Wildman–Crippen MR) is 85.6 cm³/mol. The van der Waals surface area contributed by atoms with Crippen molar-refractivity contribution in [3.63, 3.8) is 0 Å². The summed E-state index contributed by atoms with van der Waals surface area (Å²) in [6.07, 6.45) is 5.73. The number of unbranched alkanes of at least 4 members (excludes halogenated alkanes) is 2. The molecule has 0 radical (unpaired) electrons. The van der Waals surface area contributed by atoms with Gasteiger partial charge in [0.2, 0.25) is 5.91 Å². The molecule has 7 heteroatoms. The van der Waals surface area contributed by atoms with Crippen molar-refractivity contribution in [2.24, 2.45) is 0 Å². The Kier molecular flexibility index (Phi) is 8.06. The summed E-state index contributed by atoms with van der Waals surface area (Å²) in [7, 11) is 1.36. The van der Waals surface area contributed by atoms with Gasteiger partial charge >= 0.3 is 5.97 Å². The topological polar surface area (TPSA) is 98.5 Å². The molecule has 0 spiro atoms. The van der Waals surface area contributed by atoms with Gasteiger partial charge in [-0.1, -0.05) is 6.42 Å². The number of ether oxygens (including phenoxy) is 1. The van der Waals surface area contributed by atoms with Crippen molar-refractivity contribution in [3.05, 3.63) is 46.0 Å². The molecule has 0 fully saturated rings. The highest BCUT2D eigenvalue weighted by Gasteiger charge is 2.03. The molecule has 1 aromatic carbocycles. The van der Waals surface area contributed by atoms with E-state index in [2.05, 4.69) is 10.1 Å². The summed E-state index contributed by atoms with van der Waals surface area (Å²) in [6.45, 7) is 0.532. The summed E-state index contributed by atoms with van der Waals surface area (Å²) in [5.41, 5.74) is 0.724. The van der Waals surface area contributed by atoms with Crippen molar-refractivity contribution in [2.75, 3.05) is 13.7 Å². The zero-order chi connectivity index (χ0) is 17.1. The number of hydrogen-bond donors (Lipinski definition) is 1. The van der Waals surface area contributed by atoms with Gasteiger partial charge in [-0.05, 0) is 36.6 Å². The van der Waals surface area contributed by atoms with E-state index in [1.54, 1.807) is 18.2 Å². The molecular formula is C16H20N2O5. The number of non-ortho nitro benzene ring substituents is 1. The SMILES string of the molecule is COC(=O)CCCCCNC(=O)/C=C/c1ccc([N+](=O)[O-])cc1. The molecule has 0 aliphatic heterocycles. The first-order valence-electron chi connectivity index (χ1n) is 7.30. The van der Waals surface area contributed by atoms with Crippen LogP contribution in [0.3, 0.4) is 0 Å². The zero-order valence-electron chi connectivity index (χ0n) is 13.0. The maximum absolute atomic E-state index is 11.6. The van der Waals surface area contributed by atoms with E-state index in [4.69, 9.17) is 0 Å². The summed E-state index contributed by atoms with van der Waals surface area (Å²) in [5.74, 6) is -0.448. The molecule has 0 aliphatic rings. The molecule has 0 heterocycles. The minimum Gasteiger partial charge on any atom is -0.469 e. The second-order valence-electron chi connectivity index (χ2n) is 4.86. The Bertz CT molecular complexity index is 566. The summed E-state index contributed by atoms with van der Waals surface area (Å²) in [4.78, 5) is 32.5. The van der Waals surface area contributed by atoms with Crippen LogP contribution in [0.5, 0.6) is 0 Å². The van der Waals surface area contributed by atoms with Gasteiger partial charge in [0.05, 0.1) is 12.0 Å². The van der Waals surface area contributed by atoms with Crippen molar-refractivity contribution in [3.8, 4) is 0 Å². The Balaban J connectivity index is 2.23. The molecule has 1 rings (SSSR count). The molecule has 7 nitrogen and oxygen atoms in total. The highest BCUT2D eigenvalue weighted by atomic mass is 16.6. The first kappa shape index (κ1) is 18.3. The number of hydrogen-bond acceptors (Lipinski definition) is 5. The third kappa shape index (κ3) is 7.75. The highest BCUT2D eigenvalue weighted by Crippen LogP contribution is 2.12. The van der Waals surface area contributed by atoms with Crippen LogP contribution < -0.4 is 5.32 Å². The van der Waals surface area contributed by atoms with Crippen LogP contribution in [0.2, 0.25) is 0 Å². The van der Waals surface area contributed by atoms with Gasteiger partial charge in [0.15, 0.2) is 0 Å². The number of carbonyl (C=O) groups excluding carboxylic acids is 2. The lowest BCUT2D eigenvalue weighted by atomic mass is 10.2. The molecule has 23 heavy (non-hydrogen) atoms. The van der Waals surface area contributed by atoms with E-state index in [0.717, 1.165) is 19.3 Å². The second-order valence-corrected chi connectivity index (χ2v) is 4.86. The van der Waals surface area contributed by atoms with Gasteiger partial charge in [0, 0.05) is 31.2 Å². The Morgan fingerprint density at radius 3 is 2.52 bits per heavy atom. The molecule has 0 saturated heterocycles. The summed E-state index contributed by atoms with van der Waals surface area (Å²) >= 11 is 0. The average Bonchev–Trinajstić information content (AvgIpc) is 2.56.